The Labute approximate surface area is 124 Å². The van der Waals surface area contributed by atoms with Crippen LogP contribution in [0.2, 0.25) is 0 Å². The van der Waals surface area contributed by atoms with Crippen molar-refractivity contribution in [1.29, 1.82) is 0 Å². The number of aryl methyl sites for hydroxylation is 2. The van der Waals surface area contributed by atoms with E-state index in [4.69, 9.17) is 0 Å². The number of rotatable bonds is 3. The van der Waals surface area contributed by atoms with Gasteiger partial charge in [-0.25, -0.2) is 8.42 Å². The van der Waals surface area contributed by atoms with E-state index in [1.54, 1.807) is 19.9 Å². The molecule has 1 amide bonds. The fourth-order valence-corrected chi connectivity index (χ4v) is 5.23. The number of hydrogen-bond donors (Lipinski definition) is 0. The molecule has 21 heavy (non-hydrogen) atoms. The summed E-state index contributed by atoms with van der Waals surface area (Å²) >= 11 is 1.04. The first kappa shape index (κ1) is 16.2. The number of halogens is 3. The van der Waals surface area contributed by atoms with Gasteiger partial charge < -0.3 is 4.90 Å². The van der Waals surface area contributed by atoms with Crippen molar-refractivity contribution in [2.45, 2.75) is 24.2 Å². The van der Waals surface area contributed by atoms with Crippen LogP contribution in [0.5, 0.6) is 0 Å². The van der Waals surface area contributed by atoms with Crippen LogP contribution in [0.1, 0.15) is 10.4 Å². The predicted octanol–water partition coefficient (Wildman–Crippen LogP) is 1.72. The third-order valence-electron chi connectivity index (χ3n) is 2.93. The highest BCUT2D eigenvalue weighted by Crippen LogP contribution is 2.30. The normalized spacial score (nSPS) is 17.8. The van der Waals surface area contributed by atoms with Gasteiger partial charge in [-0.2, -0.15) is 17.5 Å². The second-order valence-corrected chi connectivity index (χ2v) is 8.18. The summed E-state index contributed by atoms with van der Waals surface area (Å²) < 4.78 is 62.7. The summed E-state index contributed by atoms with van der Waals surface area (Å²) in [6.45, 7) is 0.774. The van der Waals surface area contributed by atoms with Crippen LogP contribution >= 0.6 is 11.3 Å². The maximum absolute atomic E-state index is 12.4. The Morgan fingerprint density at radius 2 is 1.95 bits per heavy atom. The van der Waals surface area contributed by atoms with Crippen LogP contribution in [0.15, 0.2) is 10.3 Å². The summed E-state index contributed by atoms with van der Waals surface area (Å²) in [4.78, 5) is 12.8. The lowest BCUT2D eigenvalue weighted by atomic mass is 10.4. The zero-order valence-electron chi connectivity index (χ0n) is 11.3. The number of nitrogens with zero attached hydrogens (tertiary/aromatic N) is 2. The van der Waals surface area contributed by atoms with Crippen molar-refractivity contribution in [1.82, 2.24) is 9.21 Å². The van der Waals surface area contributed by atoms with Crippen molar-refractivity contribution in [2.75, 3.05) is 19.8 Å². The third-order valence-corrected chi connectivity index (χ3v) is 6.48. The van der Waals surface area contributed by atoms with E-state index in [1.165, 1.54) is 0 Å². The highest BCUT2D eigenvalue weighted by atomic mass is 32.2. The Balaban J connectivity index is 2.24. The molecule has 0 saturated carbocycles. The molecule has 0 radical (unpaired) electrons. The van der Waals surface area contributed by atoms with E-state index < -0.39 is 41.9 Å². The van der Waals surface area contributed by atoms with Gasteiger partial charge in [-0.3, -0.25) is 4.79 Å². The molecule has 5 nitrogen and oxygen atoms in total. The molecule has 0 aliphatic carbocycles. The van der Waals surface area contributed by atoms with Crippen molar-refractivity contribution in [3.63, 3.8) is 0 Å². The average molecular weight is 342 g/mol. The lowest BCUT2D eigenvalue weighted by molar-refractivity contribution is -0.157. The van der Waals surface area contributed by atoms with Crippen LogP contribution in [0, 0.1) is 13.8 Å². The van der Waals surface area contributed by atoms with Crippen molar-refractivity contribution < 1.29 is 26.4 Å². The Bertz CT molecular complexity index is 667. The molecule has 2 rings (SSSR count). The Morgan fingerprint density at radius 3 is 2.43 bits per heavy atom. The lowest BCUT2D eigenvalue weighted by Gasteiger charge is -2.19. The van der Waals surface area contributed by atoms with Crippen LogP contribution in [0.3, 0.4) is 0 Å². The zero-order valence-corrected chi connectivity index (χ0v) is 12.9. The van der Waals surface area contributed by atoms with Crippen LogP contribution in [-0.2, 0) is 14.8 Å². The highest BCUT2D eigenvalue weighted by molar-refractivity contribution is 7.91. The van der Waals surface area contributed by atoms with E-state index in [1.807, 2.05) is 0 Å². The molecule has 0 bridgehead atoms. The second kappa shape index (κ2) is 5.25. The molecule has 0 unspecified atom stereocenters. The van der Waals surface area contributed by atoms with Crippen molar-refractivity contribution in [2.24, 2.45) is 0 Å². The zero-order chi connectivity index (χ0) is 16.0. The summed E-state index contributed by atoms with van der Waals surface area (Å²) in [6, 6.07) is 1.68. The molecule has 0 spiro atoms. The average Bonchev–Trinajstić information content (AvgIpc) is 2.81. The maximum Gasteiger partial charge on any atom is 0.406 e. The minimum absolute atomic E-state index is 0.0710. The molecule has 1 saturated heterocycles. The first-order chi connectivity index (χ1) is 9.50. The molecule has 2 heterocycles. The highest BCUT2D eigenvalue weighted by Gasteiger charge is 2.42. The van der Waals surface area contributed by atoms with Gasteiger partial charge in [0.25, 0.3) is 10.0 Å². The van der Waals surface area contributed by atoms with E-state index in [0.717, 1.165) is 20.5 Å². The molecular weight excluding hydrogens is 329 g/mol. The van der Waals surface area contributed by atoms with Gasteiger partial charge >= 0.3 is 6.18 Å². The molecule has 1 aliphatic heterocycles. The number of thiophene rings is 1. The van der Waals surface area contributed by atoms with Crippen LogP contribution in [0.4, 0.5) is 13.2 Å². The van der Waals surface area contributed by atoms with E-state index in [-0.39, 0.29) is 4.21 Å². The number of alkyl halides is 3. The molecule has 1 aromatic rings. The SMILES string of the molecule is Cc1cc(C)c(S(=O)(=O)N2CC(=O)N(CC(F)(F)F)C2)s1. The minimum atomic E-state index is -4.55. The molecule has 10 heteroatoms. The fourth-order valence-electron chi connectivity index (χ4n) is 2.08. The number of sulfonamides is 1. The van der Waals surface area contributed by atoms with Gasteiger partial charge in [0, 0.05) is 4.88 Å². The van der Waals surface area contributed by atoms with Gasteiger partial charge in [0.05, 0.1) is 13.2 Å². The van der Waals surface area contributed by atoms with Crippen LogP contribution < -0.4 is 0 Å². The molecule has 1 fully saturated rings. The van der Waals surface area contributed by atoms with Gasteiger partial charge in [-0.15, -0.1) is 11.3 Å². The first-order valence-corrected chi connectivity index (χ1v) is 8.18. The number of carbonyl (C=O) groups is 1. The summed E-state index contributed by atoms with van der Waals surface area (Å²) in [6.07, 6.45) is -4.55. The standard InChI is InChI=1S/C11H13F3N2O3S2/c1-7-3-8(2)20-10(7)21(18,19)16-4-9(17)15(6-16)5-11(12,13)14/h3H,4-6H2,1-2H3. The van der Waals surface area contributed by atoms with Gasteiger partial charge in [-0.1, -0.05) is 0 Å². The summed E-state index contributed by atoms with van der Waals surface area (Å²) in [7, 11) is -3.95. The first-order valence-electron chi connectivity index (χ1n) is 5.92. The van der Waals surface area contributed by atoms with Crippen LogP contribution in [0.25, 0.3) is 0 Å². The molecule has 1 aromatic heterocycles. The molecule has 0 N–H and O–H groups in total. The molecule has 0 aromatic carbocycles. The van der Waals surface area contributed by atoms with Gasteiger partial charge in [-0.05, 0) is 25.5 Å². The molecular formula is C11H13F3N2O3S2. The molecule has 118 valence electrons. The van der Waals surface area contributed by atoms with E-state index in [2.05, 4.69) is 0 Å². The molecule has 1 aliphatic rings. The minimum Gasteiger partial charge on any atom is -0.318 e. The summed E-state index contributed by atoms with van der Waals surface area (Å²) in [5, 5.41) is 0. The second-order valence-electron chi connectivity index (χ2n) is 4.79. The van der Waals surface area contributed by atoms with Crippen molar-refractivity contribution >= 4 is 27.3 Å². The monoisotopic (exact) mass is 342 g/mol. The molecule has 0 atom stereocenters. The quantitative estimate of drug-likeness (QED) is 0.840. The third kappa shape index (κ3) is 3.38. The van der Waals surface area contributed by atoms with Gasteiger partial charge in [0.1, 0.15) is 10.8 Å². The van der Waals surface area contributed by atoms with E-state index in [0.29, 0.717) is 10.5 Å². The Morgan fingerprint density at radius 1 is 1.33 bits per heavy atom. The van der Waals surface area contributed by atoms with Crippen molar-refractivity contribution in [3.8, 4) is 0 Å². The number of carbonyl (C=O) groups excluding carboxylic acids is 1. The number of hydrogen-bond acceptors (Lipinski definition) is 4. The largest absolute Gasteiger partial charge is 0.406 e. The topological polar surface area (TPSA) is 57.7 Å². The van der Waals surface area contributed by atoms with Gasteiger partial charge in [0.2, 0.25) is 5.91 Å². The number of amides is 1. The smallest absolute Gasteiger partial charge is 0.318 e. The summed E-state index contributed by atoms with van der Waals surface area (Å²) in [5.74, 6) is -0.846. The maximum atomic E-state index is 12.4. The lowest BCUT2D eigenvalue weighted by Crippen LogP contribution is -2.37. The van der Waals surface area contributed by atoms with E-state index >= 15 is 0 Å². The Kier molecular flexibility index (Phi) is 4.06. The van der Waals surface area contributed by atoms with Crippen molar-refractivity contribution in [3.05, 3.63) is 16.5 Å². The fraction of sp³-hybridized carbons (Fsp3) is 0.545. The van der Waals surface area contributed by atoms with Gasteiger partial charge in [0.15, 0.2) is 0 Å². The van der Waals surface area contributed by atoms with Crippen LogP contribution in [-0.4, -0.2) is 49.5 Å². The predicted molar refractivity (Wildman–Crippen MR) is 70.3 cm³/mol. The van der Waals surface area contributed by atoms with E-state index in [9.17, 15) is 26.4 Å². The Hall–Kier alpha value is -1.13. The summed E-state index contributed by atoms with van der Waals surface area (Å²) in [5.41, 5.74) is 0.527.